The third-order valence-corrected chi connectivity index (χ3v) is 3.82. The molecule has 0 amide bonds. The normalized spacial score (nSPS) is 11.6. The average molecular weight is 255 g/mol. The van der Waals surface area contributed by atoms with Crippen LogP contribution < -0.4 is 5.73 Å². The zero-order valence-electron chi connectivity index (χ0n) is 11.9. The van der Waals surface area contributed by atoms with E-state index in [2.05, 4.69) is 42.9 Å². The van der Waals surface area contributed by atoms with Crippen molar-refractivity contribution in [2.45, 2.75) is 39.2 Å². The summed E-state index contributed by atoms with van der Waals surface area (Å²) in [6.07, 6.45) is 5.43. The first-order valence-corrected chi connectivity index (χ1v) is 6.78. The molecule has 0 aliphatic rings. The van der Waals surface area contributed by atoms with E-state index in [0.29, 0.717) is 0 Å². The summed E-state index contributed by atoms with van der Waals surface area (Å²) in [5, 5.41) is 0. The van der Waals surface area contributed by atoms with Crippen LogP contribution in [0.15, 0.2) is 36.7 Å². The van der Waals surface area contributed by atoms with Crippen molar-refractivity contribution in [1.29, 1.82) is 0 Å². The van der Waals surface area contributed by atoms with Crippen LogP contribution in [0.25, 0.3) is 11.1 Å². The molecule has 0 radical (unpaired) electrons. The lowest BCUT2D eigenvalue weighted by Gasteiger charge is -2.24. The van der Waals surface area contributed by atoms with Crippen LogP contribution in [0.2, 0.25) is 0 Å². The molecule has 1 heterocycles. The van der Waals surface area contributed by atoms with E-state index >= 15 is 0 Å². The first-order valence-electron chi connectivity index (χ1n) is 6.78. The number of rotatable bonds is 4. The second-order valence-corrected chi connectivity index (χ2v) is 4.97. The Morgan fingerprint density at radius 2 is 1.63 bits per heavy atom. The van der Waals surface area contributed by atoms with Crippen molar-refractivity contribution in [1.82, 2.24) is 9.97 Å². The maximum atomic E-state index is 6.31. The second-order valence-electron chi connectivity index (χ2n) is 4.97. The largest absolute Gasteiger partial charge is 0.319 e. The smallest absolute Gasteiger partial charge is 0.148 e. The summed E-state index contributed by atoms with van der Waals surface area (Å²) in [4.78, 5) is 8.95. The maximum absolute atomic E-state index is 6.31. The fraction of sp³-hybridized carbons (Fsp3) is 0.375. The Kier molecular flexibility index (Phi) is 3.96. The molecular formula is C16H21N3. The highest BCUT2D eigenvalue weighted by atomic mass is 15.0. The van der Waals surface area contributed by atoms with E-state index in [0.717, 1.165) is 24.2 Å². The Hall–Kier alpha value is -1.74. The molecule has 2 aromatic rings. The summed E-state index contributed by atoms with van der Waals surface area (Å²) in [5.74, 6) is 0.731. The lowest BCUT2D eigenvalue weighted by atomic mass is 9.93. The Bertz CT molecular complexity index is 542. The van der Waals surface area contributed by atoms with E-state index in [-0.39, 0.29) is 0 Å². The molecule has 0 fully saturated rings. The van der Waals surface area contributed by atoms with Crippen LogP contribution in [0, 0.1) is 6.92 Å². The van der Waals surface area contributed by atoms with E-state index in [1.807, 2.05) is 24.5 Å². The Balaban J connectivity index is 2.37. The molecule has 0 spiro atoms. The molecule has 0 bridgehead atoms. The van der Waals surface area contributed by atoms with Gasteiger partial charge in [-0.2, -0.15) is 0 Å². The minimum atomic E-state index is -0.412. The molecule has 0 saturated carbocycles. The molecule has 3 heteroatoms. The van der Waals surface area contributed by atoms with Gasteiger partial charge in [0, 0.05) is 18.0 Å². The minimum absolute atomic E-state index is 0.412. The first kappa shape index (κ1) is 13.7. The lowest BCUT2D eigenvalue weighted by molar-refractivity contribution is 0.387. The van der Waals surface area contributed by atoms with E-state index in [9.17, 15) is 0 Å². The molecule has 0 atom stereocenters. The molecule has 19 heavy (non-hydrogen) atoms. The highest BCUT2D eigenvalue weighted by Gasteiger charge is 2.25. The summed E-state index contributed by atoms with van der Waals surface area (Å²) in [7, 11) is 0. The van der Waals surface area contributed by atoms with Crippen LogP contribution in [0.1, 0.15) is 38.1 Å². The van der Waals surface area contributed by atoms with Gasteiger partial charge in [-0.15, -0.1) is 0 Å². The fourth-order valence-corrected chi connectivity index (χ4v) is 2.19. The maximum Gasteiger partial charge on any atom is 0.148 e. The lowest BCUT2D eigenvalue weighted by Crippen LogP contribution is -2.37. The first-order chi connectivity index (χ1) is 9.10. The van der Waals surface area contributed by atoms with Crippen molar-refractivity contribution >= 4 is 0 Å². The monoisotopic (exact) mass is 255 g/mol. The van der Waals surface area contributed by atoms with Gasteiger partial charge in [-0.05, 0) is 30.9 Å². The van der Waals surface area contributed by atoms with Crippen LogP contribution in [-0.4, -0.2) is 9.97 Å². The number of aryl methyl sites for hydroxylation is 1. The van der Waals surface area contributed by atoms with Crippen molar-refractivity contribution in [3.8, 4) is 11.1 Å². The van der Waals surface area contributed by atoms with Gasteiger partial charge in [0.15, 0.2) is 0 Å². The summed E-state index contributed by atoms with van der Waals surface area (Å²) >= 11 is 0. The Morgan fingerprint density at radius 3 is 2.16 bits per heavy atom. The Morgan fingerprint density at radius 1 is 1.05 bits per heavy atom. The Labute approximate surface area is 114 Å². The van der Waals surface area contributed by atoms with Crippen molar-refractivity contribution in [3.63, 3.8) is 0 Å². The van der Waals surface area contributed by atoms with Crippen LogP contribution in [0.5, 0.6) is 0 Å². The van der Waals surface area contributed by atoms with E-state index in [1.54, 1.807) is 0 Å². The predicted molar refractivity (Wildman–Crippen MR) is 78.7 cm³/mol. The second kappa shape index (κ2) is 5.49. The summed E-state index contributed by atoms with van der Waals surface area (Å²) in [5.41, 5.74) is 9.33. The number of nitrogens with zero attached hydrogens (tertiary/aromatic N) is 2. The molecule has 0 saturated heterocycles. The highest BCUT2D eigenvalue weighted by Crippen LogP contribution is 2.25. The third-order valence-electron chi connectivity index (χ3n) is 3.82. The molecule has 2 rings (SSSR count). The summed E-state index contributed by atoms with van der Waals surface area (Å²) < 4.78 is 0. The van der Waals surface area contributed by atoms with Gasteiger partial charge >= 0.3 is 0 Å². The zero-order valence-corrected chi connectivity index (χ0v) is 11.9. The molecule has 0 aliphatic heterocycles. The van der Waals surface area contributed by atoms with Gasteiger partial charge in [-0.25, -0.2) is 9.97 Å². The predicted octanol–water partition coefficient (Wildman–Crippen LogP) is 3.43. The van der Waals surface area contributed by atoms with Crippen LogP contribution in [0.3, 0.4) is 0 Å². The van der Waals surface area contributed by atoms with Crippen molar-refractivity contribution in [3.05, 3.63) is 48.0 Å². The van der Waals surface area contributed by atoms with Crippen LogP contribution >= 0.6 is 0 Å². The highest BCUT2D eigenvalue weighted by molar-refractivity contribution is 5.65. The van der Waals surface area contributed by atoms with Gasteiger partial charge in [0.2, 0.25) is 0 Å². The standard InChI is InChI=1S/C16H21N3/c1-4-16(17,5-2)15-18-10-13(11-19-15)14-9-7-6-8-12(14)3/h6-11H,4-5,17H2,1-3H3. The minimum Gasteiger partial charge on any atom is -0.319 e. The van der Waals surface area contributed by atoms with Gasteiger partial charge in [0.1, 0.15) is 5.82 Å². The number of benzene rings is 1. The van der Waals surface area contributed by atoms with Crippen molar-refractivity contribution in [2.75, 3.05) is 0 Å². The molecule has 0 aliphatic carbocycles. The van der Waals surface area contributed by atoms with Gasteiger partial charge in [-0.1, -0.05) is 38.1 Å². The topological polar surface area (TPSA) is 51.8 Å². The van der Waals surface area contributed by atoms with Gasteiger partial charge in [-0.3, -0.25) is 0 Å². The quantitative estimate of drug-likeness (QED) is 0.910. The number of hydrogen-bond acceptors (Lipinski definition) is 3. The molecule has 2 N–H and O–H groups in total. The van der Waals surface area contributed by atoms with Crippen LogP contribution in [0.4, 0.5) is 0 Å². The fourth-order valence-electron chi connectivity index (χ4n) is 2.19. The summed E-state index contributed by atoms with van der Waals surface area (Å²) in [6.45, 7) is 6.23. The van der Waals surface area contributed by atoms with Gasteiger partial charge in [0.25, 0.3) is 0 Å². The molecule has 1 aromatic heterocycles. The van der Waals surface area contributed by atoms with E-state index in [1.165, 1.54) is 11.1 Å². The zero-order chi connectivity index (χ0) is 13.9. The molecule has 0 unspecified atom stereocenters. The van der Waals surface area contributed by atoms with E-state index < -0.39 is 5.54 Å². The van der Waals surface area contributed by atoms with Crippen molar-refractivity contribution < 1.29 is 0 Å². The summed E-state index contributed by atoms with van der Waals surface area (Å²) in [6, 6.07) is 8.24. The van der Waals surface area contributed by atoms with Gasteiger partial charge < -0.3 is 5.73 Å². The molecular weight excluding hydrogens is 234 g/mol. The molecule has 3 nitrogen and oxygen atoms in total. The van der Waals surface area contributed by atoms with E-state index in [4.69, 9.17) is 5.73 Å². The third kappa shape index (κ3) is 2.66. The van der Waals surface area contributed by atoms with Crippen LogP contribution in [-0.2, 0) is 5.54 Å². The SMILES string of the molecule is CCC(N)(CC)c1ncc(-c2ccccc2C)cn1. The molecule has 100 valence electrons. The average Bonchev–Trinajstić information content (AvgIpc) is 2.47. The van der Waals surface area contributed by atoms with Gasteiger partial charge in [0.05, 0.1) is 5.54 Å². The number of aromatic nitrogens is 2. The number of hydrogen-bond donors (Lipinski definition) is 1. The number of nitrogens with two attached hydrogens (primary N) is 1. The molecule has 1 aromatic carbocycles. The van der Waals surface area contributed by atoms with Crippen molar-refractivity contribution in [2.24, 2.45) is 5.73 Å².